The molecule has 0 radical (unpaired) electrons. The van der Waals surface area contributed by atoms with Crippen LogP contribution in [0.2, 0.25) is 0 Å². The molecule has 10 nitrogen and oxygen atoms in total. The van der Waals surface area contributed by atoms with Crippen LogP contribution in [0.4, 0.5) is 5.69 Å². The Morgan fingerprint density at radius 3 is 2.62 bits per heavy atom. The summed E-state index contributed by atoms with van der Waals surface area (Å²) in [5.41, 5.74) is 1.78. The molecular formula is C32H44N4O6. The first kappa shape index (κ1) is 31.3. The predicted octanol–water partition coefficient (Wildman–Crippen LogP) is 4.54. The Balaban J connectivity index is 0.000000952. The highest BCUT2D eigenvalue weighted by molar-refractivity contribution is 5.94. The van der Waals surface area contributed by atoms with Crippen molar-refractivity contribution in [1.29, 1.82) is 0 Å². The van der Waals surface area contributed by atoms with Gasteiger partial charge in [-0.15, -0.1) is 0 Å². The van der Waals surface area contributed by atoms with Crippen LogP contribution in [0.25, 0.3) is 0 Å². The fourth-order valence-electron chi connectivity index (χ4n) is 5.94. The zero-order chi connectivity index (χ0) is 30.3. The number of carboxylic acids is 1. The third-order valence-corrected chi connectivity index (χ3v) is 8.33. The fraction of sp³-hybridized carbons (Fsp3) is 0.562. The van der Waals surface area contributed by atoms with E-state index in [9.17, 15) is 9.59 Å². The summed E-state index contributed by atoms with van der Waals surface area (Å²) >= 11 is 0. The number of pyridine rings is 1. The van der Waals surface area contributed by atoms with Crippen molar-refractivity contribution < 1.29 is 29.0 Å². The van der Waals surface area contributed by atoms with E-state index < -0.39 is 5.97 Å². The Morgan fingerprint density at radius 2 is 1.95 bits per heavy atom. The van der Waals surface area contributed by atoms with Crippen LogP contribution < -0.4 is 14.4 Å². The molecule has 2 aromatic rings. The maximum absolute atomic E-state index is 13.7. The highest BCUT2D eigenvalue weighted by Gasteiger charge is 2.40. The maximum Gasteiger partial charge on any atom is 0.300 e. The van der Waals surface area contributed by atoms with E-state index in [0.717, 1.165) is 75.8 Å². The quantitative estimate of drug-likeness (QED) is 0.436. The Kier molecular flexibility index (Phi) is 10.4. The number of aromatic nitrogens is 1. The Hall–Kier alpha value is -3.66. The minimum atomic E-state index is -0.833. The van der Waals surface area contributed by atoms with E-state index in [-0.39, 0.29) is 36.0 Å². The molecule has 2 atom stereocenters. The van der Waals surface area contributed by atoms with Gasteiger partial charge in [0.2, 0.25) is 18.6 Å². The minimum Gasteiger partial charge on any atom is -0.481 e. The summed E-state index contributed by atoms with van der Waals surface area (Å²) in [5, 5.41) is 7.42. The van der Waals surface area contributed by atoms with E-state index in [0.29, 0.717) is 13.1 Å². The number of hydrogen-bond donors (Lipinski definition) is 1. The number of rotatable bonds is 10. The number of amides is 2. The van der Waals surface area contributed by atoms with Crippen LogP contribution in [0.1, 0.15) is 71.3 Å². The monoisotopic (exact) mass is 580 g/mol. The molecule has 10 heteroatoms. The summed E-state index contributed by atoms with van der Waals surface area (Å²) in [6.45, 7) is 10.9. The van der Waals surface area contributed by atoms with E-state index in [1.165, 1.54) is 5.56 Å². The number of unbranched alkanes of at least 4 members (excludes halogenated alkanes) is 1. The first-order chi connectivity index (χ1) is 20.1. The van der Waals surface area contributed by atoms with Gasteiger partial charge >= 0.3 is 0 Å². The van der Waals surface area contributed by atoms with Crippen molar-refractivity contribution in [2.75, 3.05) is 44.4 Å². The largest absolute Gasteiger partial charge is 0.481 e. The summed E-state index contributed by atoms with van der Waals surface area (Å²) in [4.78, 5) is 46.0. The molecule has 5 rings (SSSR count). The number of benzene rings is 1. The topological polar surface area (TPSA) is 113 Å². The molecule has 0 spiro atoms. The van der Waals surface area contributed by atoms with Gasteiger partial charge in [-0.3, -0.25) is 24.3 Å². The van der Waals surface area contributed by atoms with Gasteiger partial charge in [0.15, 0.2) is 11.5 Å². The van der Waals surface area contributed by atoms with Gasteiger partial charge in [0.25, 0.3) is 5.97 Å². The third-order valence-electron chi connectivity index (χ3n) is 8.33. The van der Waals surface area contributed by atoms with Crippen LogP contribution in [0, 0.1) is 5.41 Å². The molecular weight excluding hydrogens is 536 g/mol. The second kappa shape index (κ2) is 14.0. The average molecular weight is 581 g/mol. The lowest BCUT2D eigenvalue weighted by molar-refractivity contribution is -0.135. The second-order valence-corrected chi connectivity index (χ2v) is 12.0. The number of carbonyl (C=O) groups excluding carboxylic acids is 2. The van der Waals surface area contributed by atoms with Gasteiger partial charge in [-0.25, -0.2) is 0 Å². The van der Waals surface area contributed by atoms with Crippen molar-refractivity contribution in [2.24, 2.45) is 5.41 Å². The standard InChI is InChI=1S/C30H40N4O4.C2H4O2/c1-4-5-13-34(25-7-6-12-31-18-25)28(35)20-33-19-23(22-8-9-26-27(17-22)38-21-37-26)16-24(33)10-14-32-15-11-30(2,3)29(32)36;1-2(3)4/h6-9,12,17-18,23-24H,4-5,10-11,13-16,19-21H2,1-3H3;1H3,(H,3,4). The van der Waals surface area contributed by atoms with Crippen LogP contribution in [-0.2, 0) is 14.4 Å². The second-order valence-electron chi connectivity index (χ2n) is 12.0. The molecule has 3 aliphatic heterocycles. The van der Waals surface area contributed by atoms with Crippen LogP contribution >= 0.6 is 0 Å². The van der Waals surface area contributed by atoms with Gasteiger partial charge in [-0.1, -0.05) is 33.3 Å². The molecule has 0 bridgehead atoms. The van der Waals surface area contributed by atoms with Crippen molar-refractivity contribution in [1.82, 2.24) is 14.8 Å². The number of nitrogens with zero attached hydrogens (tertiary/aromatic N) is 4. The molecule has 1 aromatic heterocycles. The lowest BCUT2D eigenvalue weighted by atomic mass is 9.92. The van der Waals surface area contributed by atoms with Crippen molar-refractivity contribution in [2.45, 2.75) is 71.8 Å². The summed E-state index contributed by atoms with van der Waals surface area (Å²) < 4.78 is 11.1. The highest BCUT2D eigenvalue weighted by atomic mass is 16.7. The molecule has 0 saturated carbocycles. The molecule has 2 unspecified atom stereocenters. The number of aliphatic carboxylic acids is 1. The number of likely N-dealkylation sites (tertiary alicyclic amines) is 2. The molecule has 4 heterocycles. The third kappa shape index (κ3) is 7.79. The number of carbonyl (C=O) groups is 3. The molecule has 3 aliphatic rings. The van der Waals surface area contributed by atoms with Crippen molar-refractivity contribution in [3.8, 4) is 11.5 Å². The molecule has 228 valence electrons. The van der Waals surface area contributed by atoms with E-state index in [1.807, 2.05) is 41.8 Å². The minimum absolute atomic E-state index is 0.0983. The van der Waals surface area contributed by atoms with Crippen LogP contribution in [0.15, 0.2) is 42.7 Å². The van der Waals surface area contributed by atoms with Crippen molar-refractivity contribution in [3.63, 3.8) is 0 Å². The Labute approximate surface area is 248 Å². The zero-order valence-corrected chi connectivity index (χ0v) is 25.3. The average Bonchev–Trinajstić information content (AvgIpc) is 3.65. The van der Waals surface area contributed by atoms with E-state index in [4.69, 9.17) is 19.4 Å². The number of anilines is 1. The maximum atomic E-state index is 13.7. The van der Waals surface area contributed by atoms with Gasteiger partial charge < -0.3 is 24.4 Å². The summed E-state index contributed by atoms with van der Waals surface area (Å²) in [5.74, 6) is 1.37. The molecule has 0 aliphatic carbocycles. The predicted molar refractivity (Wildman–Crippen MR) is 160 cm³/mol. The van der Waals surface area contributed by atoms with Gasteiger partial charge in [0, 0.05) is 50.8 Å². The summed E-state index contributed by atoms with van der Waals surface area (Å²) in [6, 6.07) is 10.2. The molecule has 2 amide bonds. The Bertz CT molecular complexity index is 1230. The summed E-state index contributed by atoms with van der Waals surface area (Å²) in [7, 11) is 0. The fourth-order valence-corrected chi connectivity index (χ4v) is 5.94. The van der Waals surface area contributed by atoms with Gasteiger partial charge in [-0.05, 0) is 61.4 Å². The highest BCUT2D eigenvalue weighted by Crippen LogP contribution is 2.40. The van der Waals surface area contributed by atoms with Gasteiger partial charge in [0.05, 0.1) is 18.4 Å². The van der Waals surface area contributed by atoms with Crippen LogP contribution in [-0.4, -0.2) is 83.2 Å². The molecule has 42 heavy (non-hydrogen) atoms. The van der Waals surface area contributed by atoms with E-state index in [1.54, 1.807) is 12.4 Å². The lowest BCUT2D eigenvalue weighted by Crippen LogP contribution is -2.44. The molecule has 1 N–H and O–H groups in total. The smallest absolute Gasteiger partial charge is 0.300 e. The number of carboxylic acid groups (broad SMARTS) is 1. The van der Waals surface area contributed by atoms with E-state index >= 15 is 0 Å². The van der Waals surface area contributed by atoms with Crippen LogP contribution in [0.3, 0.4) is 0 Å². The van der Waals surface area contributed by atoms with E-state index in [2.05, 4.69) is 28.9 Å². The summed E-state index contributed by atoms with van der Waals surface area (Å²) in [6.07, 6.45) is 8.16. The Morgan fingerprint density at radius 1 is 1.19 bits per heavy atom. The van der Waals surface area contributed by atoms with Gasteiger partial charge in [-0.2, -0.15) is 0 Å². The zero-order valence-electron chi connectivity index (χ0n) is 25.3. The SMILES string of the molecule is CC(=O)O.CCCCN(C(=O)CN1CC(c2ccc3c(c2)OCO3)CC1CCN1CCC(C)(C)C1=O)c1cccnc1. The number of hydrogen-bond acceptors (Lipinski definition) is 7. The van der Waals surface area contributed by atoms with Crippen LogP contribution in [0.5, 0.6) is 11.5 Å². The molecule has 1 aromatic carbocycles. The molecule has 2 fully saturated rings. The van der Waals surface area contributed by atoms with Crippen molar-refractivity contribution >= 4 is 23.5 Å². The van der Waals surface area contributed by atoms with Crippen molar-refractivity contribution in [3.05, 3.63) is 48.3 Å². The lowest BCUT2D eigenvalue weighted by Gasteiger charge is -2.29. The molecule has 2 saturated heterocycles. The van der Waals surface area contributed by atoms with Gasteiger partial charge in [0.1, 0.15) is 0 Å². The number of fused-ring (bicyclic) bond motifs is 1. The normalized spacial score (nSPS) is 20.8. The first-order valence-electron chi connectivity index (χ1n) is 14.9. The number of ether oxygens (including phenoxy) is 2. The first-order valence-corrected chi connectivity index (χ1v) is 14.9.